The molecular weight excluding hydrogens is 1090 g/mol. The number of carbonyl (C=O) groups is 3. The van der Waals surface area contributed by atoms with Crippen molar-refractivity contribution in [1.29, 1.82) is 0 Å². The number of aliphatic hydroxyl groups is 4. The molecule has 0 radical (unpaired) electrons. The number of likely N-dealkylation sites (N-methyl/N-ethyl adjacent to an activating group) is 1. The number of thioether (sulfide) groups is 2. The molecule has 0 saturated heterocycles. The Bertz CT molecular complexity index is 615. The molecule has 0 saturated carbocycles. The van der Waals surface area contributed by atoms with Crippen LogP contribution in [0, 0.1) is 193 Å². The van der Waals surface area contributed by atoms with Crippen molar-refractivity contribution in [3.05, 3.63) is 26.4 Å². The summed E-state index contributed by atoms with van der Waals surface area (Å²) in [6.45, 7) is 7.44. The van der Waals surface area contributed by atoms with Gasteiger partial charge in [0.1, 0.15) is 6.29 Å². The Hall–Kier alpha value is 4.90. The fraction of sp³-hybridized carbons (Fsp3) is 0.720. The van der Waals surface area contributed by atoms with E-state index in [4.69, 9.17) is 20.4 Å². The van der Waals surface area contributed by atoms with E-state index in [2.05, 4.69) is 10.6 Å². The van der Waals surface area contributed by atoms with Gasteiger partial charge >= 0.3 is 0 Å². The van der Waals surface area contributed by atoms with E-state index >= 15 is 0 Å². The maximum absolute atomic E-state index is 12.3. The van der Waals surface area contributed by atoms with E-state index in [1.165, 1.54) is 23.5 Å². The molecule has 240 valence electrons. The van der Waals surface area contributed by atoms with Gasteiger partial charge in [-0.2, -0.15) is 0 Å². The summed E-state index contributed by atoms with van der Waals surface area (Å²) in [6, 6.07) is -0.772. The van der Waals surface area contributed by atoms with Gasteiger partial charge in [0, 0.05) is 204 Å². The molecule has 6 N–H and O–H groups in total. The molecular formula is C25H46Ce4N4O7S2-4. The van der Waals surface area contributed by atoms with Crippen LogP contribution in [0.15, 0.2) is 0 Å². The van der Waals surface area contributed by atoms with Crippen molar-refractivity contribution in [2.24, 2.45) is 0 Å². The van der Waals surface area contributed by atoms with Gasteiger partial charge in [-0.1, -0.05) is 23.5 Å². The molecule has 0 aliphatic rings. The molecule has 0 aromatic carbocycles. The molecule has 42 heavy (non-hydrogen) atoms. The number of hydrogen-bond acceptors (Lipinski definition) is 13. The van der Waals surface area contributed by atoms with Gasteiger partial charge in [0.25, 0.3) is 0 Å². The molecule has 0 rings (SSSR count). The minimum atomic E-state index is -0.612. The Morgan fingerprint density at radius 1 is 0.738 bits per heavy atom. The SMILES string of the molecule is CNC(CNC(C=O)CC(=O)SCCCCN(C[CH-]O)C[CH-]O)CC(=O)SCCCCN(C[CH-]O)C[CH-]O.[Ce].[Ce].[Ce].[Ce]. The van der Waals surface area contributed by atoms with Crippen molar-refractivity contribution in [2.45, 2.75) is 50.6 Å². The average molecular weight is 1140 g/mol. The number of aliphatic hydroxyl groups excluding tert-OH is 4. The molecule has 0 aromatic rings. The van der Waals surface area contributed by atoms with Crippen LogP contribution in [-0.2, 0) is 14.4 Å². The van der Waals surface area contributed by atoms with Crippen LogP contribution in [0.2, 0.25) is 0 Å². The minimum Gasteiger partial charge on any atom is -0.565 e. The monoisotopic (exact) mass is 1140 g/mol. The van der Waals surface area contributed by atoms with E-state index in [0.29, 0.717) is 63.7 Å². The summed E-state index contributed by atoms with van der Waals surface area (Å²) in [6.07, 6.45) is 4.39. The zero-order valence-electron chi connectivity index (χ0n) is 24.4. The van der Waals surface area contributed by atoms with E-state index in [-0.39, 0.29) is 190 Å². The van der Waals surface area contributed by atoms with Crippen LogP contribution in [-0.4, -0.2) is 123 Å². The number of aldehydes is 1. The predicted molar refractivity (Wildman–Crippen MR) is 151 cm³/mol. The zero-order valence-corrected chi connectivity index (χ0v) is 38.6. The molecule has 0 spiro atoms. The van der Waals surface area contributed by atoms with Gasteiger partial charge in [-0.3, -0.25) is 9.59 Å². The quantitative estimate of drug-likeness (QED) is 0.0398. The van der Waals surface area contributed by atoms with Gasteiger partial charge < -0.3 is 45.7 Å². The molecule has 2 atom stereocenters. The first-order chi connectivity index (χ1) is 18.4. The predicted octanol–water partition coefficient (Wildman–Crippen LogP) is 1.33. The topological polar surface area (TPSA) is 163 Å². The summed E-state index contributed by atoms with van der Waals surface area (Å²) in [4.78, 5) is 39.8. The first-order valence-electron chi connectivity index (χ1n) is 12.9. The number of nitrogens with zero attached hydrogens (tertiary/aromatic N) is 2. The fourth-order valence-electron chi connectivity index (χ4n) is 3.46. The molecule has 0 aliphatic carbocycles. The van der Waals surface area contributed by atoms with Crippen LogP contribution >= 0.6 is 23.5 Å². The van der Waals surface area contributed by atoms with Crippen molar-refractivity contribution >= 4 is 40.0 Å². The van der Waals surface area contributed by atoms with Crippen molar-refractivity contribution in [3.63, 3.8) is 0 Å². The molecule has 0 aliphatic heterocycles. The Kier molecular flexibility index (Phi) is 56.4. The van der Waals surface area contributed by atoms with Crippen LogP contribution < -0.4 is 10.6 Å². The first kappa shape index (κ1) is 56.3. The number of nitrogens with one attached hydrogen (secondary N) is 2. The van der Waals surface area contributed by atoms with Crippen LogP contribution in [0.3, 0.4) is 0 Å². The normalized spacial score (nSPS) is 12.0. The molecule has 0 bridgehead atoms. The number of unbranched alkanes of at least 4 members (excludes halogenated alkanes) is 2. The summed E-state index contributed by atoms with van der Waals surface area (Å²) < 4.78 is 0. The molecule has 2 unspecified atom stereocenters. The Morgan fingerprint density at radius 3 is 1.50 bits per heavy atom. The van der Waals surface area contributed by atoms with E-state index < -0.39 is 6.04 Å². The molecule has 0 fully saturated rings. The van der Waals surface area contributed by atoms with Crippen LogP contribution in [0.1, 0.15) is 38.5 Å². The van der Waals surface area contributed by atoms with Gasteiger partial charge in [0.05, 0.1) is 6.04 Å². The summed E-state index contributed by atoms with van der Waals surface area (Å²) in [5, 5.41) is 41.7. The number of rotatable bonds is 27. The third-order valence-corrected chi connectivity index (χ3v) is 7.58. The Morgan fingerprint density at radius 2 is 1.14 bits per heavy atom. The summed E-state index contributed by atoms with van der Waals surface area (Å²) in [5.74, 6) is 1.31. The summed E-state index contributed by atoms with van der Waals surface area (Å²) in [5.41, 5.74) is 0. The fourth-order valence-corrected chi connectivity index (χ4v) is 5.23. The maximum atomic E-state index is 12.3. The third kappa shape index (κ3) is 34.7. The summed E-state index contributed by atoms with van der Waals surface area (Å²) >= 11 is 2.47. The molecule has 0 aromatic heterocycles. The number of carbonyl (C=O) groups excluding carboxylic acids is 3. The van der Waals surface area contributed by atoms with E-state index in [1.54, 1.807) is 7.05 Å². The van der Waals surface area contributed by atoms with E-state index in [1.807, 2.05) is 9.80 Å². The van der Waals surface area contributed by atoms with E-state index in [9.17, 15) is 14.4 Å². The van der Waals surface area contributed by atoms with Crippen molar-refractivity contribution in [3.8, 4) is 0 Å². The minimum absolute atomic E-state index is 0. The third-order valence-electron chi connectivity index (χ3n) is 5.62. The largest absolute Gasteiger partial charge is 0.565 e. The summed E-state index contributed by atoms with van der Waals surface area (Å²) in [7, 11) is 1.75. The van der Waals surface area contributed by atoms with Crippen molar-refractivity contribution < 1.29 is 202 Å². The van der Waals surface area contributed by atoms with Gasteiger partial charge in [0.15, 0.2) is 10.2 Å². The van der Waals surface area contributed by atoms with Crippen LogP contribution in [0.4, 0.5) is 0 Å². The maximum Gasteiger partial charge on any atom is 0.190 e. The van der Waals surface area contributed by atoms with E-state index in [0.717, 1.165) is 58.4 Å². The molecule has 17 heteroatoms. The van der Waals surface area contributed by atoms with Crippen molar-refractivity contribution in [1.82, 2.24) is 20.4 Å². The Labute approximate surface area is 396 Å². The van der Waals surface area contributed by atoms with Gasteiger partial charge in [-0.05, 0) is 45.8 Å². The standard InChI is InChI=1S/C25H46N4O7S2.4Ce/c1-26-22(18-24(35)37-16-4-2-6-28(8-12-30)9-13-31)20-27-23(21-34)19-25(36)38-17-5-3-7-29(10-14-32)11-15-33;;;;/h12-15,21-23,26-27,30-33H,2-11,16-20H2,1H3;;;;/q-4;;;;. The van der Waals surface area contributed by atoms with Gasteiger partial charge in [0.2, 0.25) is 0 Å². The second-order valence-electron chi connectivity index (χ2n) is 8.65. The average Bonchev–Trinajstić information content (AvgIpc) is 2.90. The van der Waals surface area contributed by atoms with Gasteiger partial charge in [-0.25, -0.2) is 26.4 Å². The van der Waals surface area contributed by atoms with Crippen LogP contribution in [0.5, 0.6) is 0 Å². The molecule has 11 nitrogen and oxygen atoms in total. The zero-order chi connectivity index (χ0) is 28.4. The van der Waals surface area contributed by atoms with Gasteiger partial charge in [-0.15, -0.1) is 26.2 Å². The van der Waals surface area contributed by atoms with Crippen molar-refractivity contribution in [2.75, 3.05) is 64.4 Å². The van der Waals surface area contributed by atoms with Crippen LogP contribution in [0.25, 0.3) is 0 Å². The molecule has 0 amide bonds. The first-order valence-corrected chi connectivity index (χ1v) is 14.9. The number of hydrogen-bond donors (Lipinski definition) is 6. The second kappa shape index (κ2) is 42.1. The second-order valence-corrected chi connectivity index (χ2v) is 11.0. The Balaban J connectivity index is -0.00000114. The molecule has 0 heterocycles. The smallest absolute Gasteiger partial charge is 0.190 e.